The molecule has 2 rings (SSSR count). The van der Waals surface area contributed by atoms with Crippen molar-refractivity contribution in [2.45, 2.75) is 19.3 Å². The van der Waals surface area contributed by atoms with Gasteiger partial charge < -0.3 is 15.1 Å². The molecule has 0 atom stereocenters. The number of phenolic OH excluding ortho intramolecular Hbond substituents is 1. The van der Waals surface area contributed by atoms with Crippen LogP contribution in [0.25, 0.3) is 0 Å². The molecule has 1 aromatic carbocycles. The van der Waals surface area contributed by atoms with Crippen molar-refractivity contribution < 1.29 is 19.8 Å². The van der Waals surface area contributed by atoms with Crippen LogP contribution in [0.5, 0.6) is 5.75 Å². The van der Waals surface area contributed by atoms with Gasteiger partial charge in [-0.25, -0.2) is 0 Å². The number of carbonyl (C=O) groups is 2. The Labute approximate surface area is 150 Å². The number of piperidine rings is 1. The molecule has 21 heavy (non-hydrogen) atoms. The molecule has 1 saturated heterocycles. The number of aliphatic carboxylic acids is 1. The van der Waals surface area contributed by atoms with Crippen molar-refractivity contribution in [1.82, 2.24) is 4.90 Å². The fourth-order valence-corrected chi connectivity index (χ4v) is 4.33. The number of benzene rings is 1. The Kier molecular flexibility index (Phi) is 5.69. The SMILES string of the molecule is O=C(O)CC1CCN(C(=O)c2cc(I)cc(I)c2O)CC1. The lowest BCUT2D eigenvalue weighted by Gasteiger charge is -2.31. The Morgan fingerprint density at radius 2 is 1.86 bits per heavy atom. The minimum absolute atomic E-state index is 0.0219. The van der Waals surface area contributed by atoms with Gasteiger partial charge in [-0.1, -0.05) is 0 Å². The molecule has 2 N–H and O–H groups in total. The summed E-state index contributed by atoms with van der Waals surface area (Å²) in [5.74, 6) is -0.813. The van der Waals surface area contributed by atoms with Gasteiger partial charge in [-0.2, -0.15) is 0 Å². The molecule has 1 heterocycles. The lowest BCUT2D eigenvalue weighted by Crippen LogP contribution is -2.39. The number of amides is 1. The Morgan fingerprint density at radius 3 is 2.43 bits per heavy atom. The molecule has 1 aromatic rings. The standard InChI is InChI=1S/C14H15I2NO4/c15-9-6-10(13(20)11(16)7-9)14(21)17-3-1-8(2-4-17)5-12(18)19/h6-8,20H,1-5H2,(H,18,19). The average Bonchev–Trinajstić information content (AvgIpc) is 2.42. The number of nitrogens with zero attached hydrogens (tertiary/aromatic N) is 1. The Balaban J connectivity index is 2.07. The van der Waals surface area contributed by atoms with E-state index >= 15 is 0 Å². The van der Waals surface area contributed by atoms with E-state index < -0.39 is 5.97 Å². The number of carboxylic acids is 1. The van der Waals surface area contributed by atoms with Crippen LogP contribution >= 0.6 is 45.2 Å². The molecule has 114 valence electrons. The molecule has 0 radical (unpaired) electrons. The number of hydrogen-bond acceptors (Lipinski definition) is 3. The molecule has 0 saturated carbocycles. The van der Waals surface area contributed by atoms with Crippen LogP contribution in [0.1, 0.15) is 29.6 Å². The number of carboxylic acid groups (broad SMARTS) is 1. The molecule has 0 bridgehead atoms. The van der Waals surface area contributed by atoms with Gasteiger partial charge in [0.25, 0.3) is 5.91 Å². The van der Waals surface area contributed by atoms with E-state index in [1.807, 2.05) is 28.7 Å². The molecule has 0 unspecified atom stereocenters. The van der Waals surface area contributed by atoms with Crippen LogP contribution in [0, 0.1) is 13.1 Å². The van der Waals surface area contributed by atoms with Gasteiger partial charge >= 0.3 is 5.97 Å². The smallest absolute Gasteiger partial charge is 0.303 e. The highest BCUT2D eigenvalue weighted by atomic mass is 127. The zero-order valence-corrected chi connectivity index (χ0v) is 15.5. The first-order chi connectivity index (χ1) is 9.88. The van der Waals surface area contributed by atoms with Gasteiger partial charge in [0.2, 0.25) is 0 Å². The summed E-state index contributed by atoms with van der Waals surface area (Å²) in [5.41, 5.74) is 0.322. The molecule has 1 aliphatic rings. The topological polar surface area (TPSA) is 77.8 Å². The largest absolute Gasteiger partial charge is 0.506 e. The van der Waals surface area contributed by atoms with Crippen molar-refractivity contribution in [2.24, 2.45) is 5.92 Å². The van der Waals surface area contributed by atoms with E-state index in [2.05, 4.69) is 22.6 Å². The van der Waals surface area contributed by atoms with E-state index in [1.54, 1.807) is 11.0 Å². The first kappa shape index (κ1) is 16.8. The van der Waals surface area contributed by atoms with E-state index in [0.29, 0.717) is 35.1 Å². The summed E-state index contributed by atoms with van der Waals surface area (Å²) in [4.78, 5) is 24.9. The number of aromatic hydroxyl groups is 1. The number of carbonyl (C=O) groups excluding carboxylic acids is 1. The number of likely N-dealkylation sites (tertiary alicyclic amines) is 1. The molecule has 1 amide bonds. The predicted octanol–water partition coefficient (Wildman–Crippen LogP) is 2.93. The van der Waals surface area contributed by atoms with Crippen molar-refractivity contribution in [1.29, 1.82) is 0 Å². The average molecular weight is 515 g/mol. The second-order valence-corrected chi connectivity index (χ2v) is 7.53. The third-order valence-corrected chi connectivity index (χ3v) is 5.07. The fraction of sp³-hybridized carbons (Fsp3) is 0.429. The second kappa shape index (κ2) is 7.12. The summed E-state index contributed by atoms with van der Waals surface area (Å²) in [6, 6.07) is 3.50. The van der Waals surface area contributed by atoms with E-state index in [1.165, 1.54) is 0 Å². The van der Waals surface area contributed by atoms with Crippen LogP contribution in [0.4, 0.5) is 0 Å². The number of phenols is 1. The Hall–Kier alpha value is -0.580. The highest BCUT2D eigenvalue weighted by Gasteiger charge is 2.27. The summed E-state index contributed by atoms with van der Waals surface area (Å²) >= 11 is 4.12. The summed E-state index contributed by atoms with van der Waals surface area (Å²) in [7, 11) is 0. The van der Waals surface area contributed by atoms with E-state index in [-0.39, 0.29) is 24.0 Å². The monoisotopic (exact) mass is 515 g/mol. The summed E-state index contributed by atoms with van der Waals surface area (Å²) in [6.07, 6.45) is 1.55. The maximum atomic E-state index is 12.5. The van der Waals surface area contributed by atoms with Crippen molar-refractivity contribution in [3.05, 3.63) is 24.8 Å². The van der Waals surface area contributed by atoms with Gasteiger partial charge in [-0.15, -0.1) is 0 Å². The van der Waals surface area contributed by atoms with Crippen LogP contribution in [0.3, 0.4) is 0 Å². The van der Waals surface area contributed by atoms with Crippen LogP contribution in [-0.2, 0) is 4.79 Å². The van der Waals surface area contributed by atoms with Crippen molar-refractivity contribution >= 4 is 57.1 Å². The van der Waals surface area contributed by atoms with E-state index in [0.717, 1.165) is 3.57 Å². The van der Waals surface area contributed by atoms with Crippen molar-refractivity contribution in [2.75, 3.05) is 13.1 Å². The van der Waals surface area contributed by atoms with Crippen molar-refractivity contribution in [3.8, 4) is 5.75 Å². The first-order valence-electron chi connectivity index (χ1n) is 6.57. The number of hydrogen-bond donors (Lipinski definition) is 2. The fourth-order valence-electron chi connectivity index (χ4n) is 2.49. The van der Waals surface area contributed by atoms with Crippen LogP contribution in [-0.4, -0.2) is 40.1 Å². The maximum absolute atomic E-state index is 12.5. The zero-order valence-electron chi connectivity index (χ0n) is 11.2. The van der Waals surface area contributed by atoms with Crippen molar-refractivity contribution in [3.63, 3.8) is 0 Å². The Bertz CT molecular complexity index is 568. The third kappa shape index (κ3) is 4.21. The first-order valence-corrected chi connectivity index (χ1v) is 8.73. The molecule has 0 spiro atoms. The minimum atomic E-state index is -0.787. The molecular formula is C14H15I2NO4. The maximum Gasteiger partial charge on any atom is 0.303 e. The minimum Gasteiger partial charge on any atom is -0.506 e. The van der Waals surface area contributed by atoms with Gasteiger partial charge in [0.15, 0.2) is 0 Å². The number of rotatable bonds is 3. The van der Waals surface area contributed by atoms with Gasteiger partial charge in [0.1, 0.15) is 5.75 Å². The van der Waals surface area contributed by atoms with Gasteiger partial charge in [0.05, 0.1) is 9.13 Å². The highest BCUT2D eigenvalue weighted by molar-refractivity contribution is 14.1. The summed E-state index contributed by atoms with van der Waals surface area (Å²) in [6.45, 7) is 1.08. The molecule has 1 fully saturated rings. The van der Waals surface area contributed by atoms with Crippen LogP contribution < -0.4 is 0 Å². The molecule has 7 heteroatoms. The molecule has 5 nitrogen and oxygen atoms in total. The van der Waals surface area contributed by atoms with Crippen LogP contribution in [0.2, 0.25) is 0 Å². The van der Waals surface area contributed by atoms with E-state index in [4.69, 9.17) is 5.11 Å². The quantitative estimate of drug-likeness (QED) is 0.608. The number of halogens is 2. The lowest BCUT2D eigenvalue weighted by molar-refractivity contribution is -0.138. The Morgan fingerprint density at radius 1 is 1.24 bits per heavy atom. The normalized spacial score (nSPS) is 16.0. The molecule has 0 aliphatic carbocycles. The predicted molar refractivity (Wildman–Crippen MR) is 94.4 cm³/mol. The summed E-state index contributed by atoms with van der Waals surface area (Å²) < 4.78 is 1.56. The van der Waals surface area contributed by atoms with E-state index in [9.17, 15) is 14.7 Å². The molecule has 0 aromatic heterocycles. The third-order valence-electron chi connectivity index (χ3n) is 3.62. The zero-order chi connectivity index (χ0) is 15.6. The van der Waals surface area contributed by atoms with Gasteiger partial charge in [-0.3, -0.25) is 9.59 Å². The van der Waals surface area contributed by atoms with Gasteiger partial charge in [0, 0.05) is 23.1 Å². The van der Waals surface area contributed by atoms with Gasteiger partial charge in [-0.05, 0) is 76.1 Å². The lowest BCUT2D eigenvalue weighted by atomic mass is 9.93. The molecular weight excluding hydrogens is 500 g/mol. The van der Waals surface area contributed by atoms with Crippen LogP contribution in [0.15, 0.2) is 12.1 Å². The second-order valence-electron chi connectivity index (χ2n) is 5.12. The summed E-state index contributed by atoms with van der Waals surface area (Å²) in [5, 5.41) is 18.9. The molecule has 1 aliphatic heterocycles. The highest BCUT2D eigenvalue weighted by Crippen LogP contribution is 2.29.